The molecule has 0 rings (SSSR count). The molecular weight excluding hydrogens is 124 g/mol. The minimum absolute atomic E-state index is 0. The van der Waals surface area contributed by atoms with Crippen LogP contribution in [0.3, 0.4) is 0 Å². The van der Waals surface area contributed by atoms with Crippen molar-refractivity contribution < 1.29 is 15.3 Å². The predicted molar refractivity (Wildman–Crippen MR) is 24.2 cm³/mol. The zero-order valence-electron chi connectivity index (χ0n) is 4.55. The summed E-state index contributed by atoms with van der Waals surface area (Å²) in [6, 6.07) is 0. The van der Waals surface area contributed by atoms with Crippen molar-refractivity contribution in [2.45, 2.75) is 13.2 Å². The Kier molecular flexibility index (Phi) is 22.9. The van der Waals surface area contributed by atoms with E-state index in [4.69, 9.17) is 0 Å². The van der Waals surface area contributed by atoms with Crippen LogP contribution in [0.5, 0.6) is 0 Å². The SMILES string of the molecule is COC(C)[O-].[Ca+2].[OH-]. The van der Waals surface area contributed by atoms with Crippen LogP contribution in [-0.2, 0) is 4.74 Å². The molecule has 0 radical (unpaired) electrons. The molecule has 0 aromatic rings. The van der Waals surface area contributed by atoms with E-state index in [9.17, 15) is 5.11 Å². The Hall–Kier alpha value is 1.14. The minimum Gasteiger partial charge on any atom is -0.870 e. The van der Waals surface area contributed by atoms with E-state index in [2.05, 4.69) is 4.74 Å². The zero-order valence-corrected chi connectivity index (χ0v) is 6.76. The van der Waals surface area contributed by atoms with E-state index < -0.39 is 6.29 Å². The van der Waals surface area contributed by atoms with Gasteiger partial charge in [-0.25, -0.2) is 0 Å². The first-order valence-corrected chi connectivity index (χ1v) is 1.46. The Morgan fingerprint density at radius 2 is 1.71 bits per heavy atom. The summed E-state index contributed by atoms with van der Waals surface area (Å²) in [5.74, 6) is 0. The van der Waals surface area contributed by atoms with Gasteiger partial charge in [0.15, 0.2) is 0 Å². The largest absolute Gasteiger partial charge is 2.00 e. The van der Waals surface area contributed by atoms with Gasteiger partial charge in [-0.05, 0) is 6.29 Å². The number of ether oxygens (including phenoxy) is 1. The molecule has 0 aromatic carbocycles. The Morgan fingerprint density at radius 3 is 1.71 bits per heavy atom. The maximum Gasteiger partial charge on any atom is 2.00 e. The second kappa shape index (κ2) is 10.2. The van der Waals surface area contributed by atoms with Crippen molar-refractivity contribution in [1.82, 2.24) is 0 Å². The molecule has 1 atom stereocenters. The van der Waals surface area contributed by atoms with Crippen LogP contribution in [0.4, 0.5) is 0 Å². The summed E-state index contributed by atoms with van der Waals surface area (Å²) >= 11 is 0. The van der Waals surface area contributed by atoms with Crippen molar-refractivity contribution >= 4 is 37.7 Å². The van der Waals surface area contributed by atoms with Gasteiger partial charge in [-0.3, -0.25) is 0 Å². The van der Waals surface area contributed by atoms with Crippen LogP contribution >= 0.6 is 0 Å². The smallest absolute Gasteiger partial charge is 0.870 e. The van der Waals surface area contributed by atoms with Crippen molar-refractivity contribution in [3.05, 3.63) is 0 Å². The summed E-state index contributed by atoms with van der Waals surface area (Å²) in [5, 5.41) is 9.67. The van der Waals surface area contributed by atoms with Crippen LogP contribution in [0.1, 0.15) is 6.92 Å². The molecule has 0 spiro atoms. The van der Waals surface area contributed by atoms with E-state index in [0.29, 0.717) is 0 Å². The zero-order chi connectivity index (χ0) is 4.28. The Labute approximate surface area is 73.0 Å². The van der Waals surface area contributed by atoms with E-state index in [-0.39, 0.29) is 43.2 Å². The summed E-state index contributed by atoms with van der Waals surface area (Å²) in [6.45, 7) is 1.44. The van der Waals surface area contributed by atoms with Gasteiger partial charge in [0.1, 0.15) is 0 Å². The van der Waals surface area contributed by atoms with Crippen molar-refractivity contribution in [2.75, 3.05) is 7.11 Å². The predicted octanol–water partition coefficient (Wildman–Crippen LogP) is -1.22. The third kappa shape index (κ3) is 19.1. The molecule has 40 valence electrons. The molecule has 0 aromatic heterocycles. The molecule has 1 N–H and O–H groups in total. The van der Waals surface area contributed by atoms with Crippen molar-refractivity contribution in [3.8, 4) is 0 Å². The van der Waals surface area contributed by atoms with Crippen LogP contribution in [0.15, 0.2) is 0 Å². The van der Waals surface area contributed by atoms with Gasteiger partial charge >= 0.3 is 37.7 Å². The van der Waals surface area contributed by atoms with Crippen LogP contribution in [0, 0.1) is 0 Å². The maximum atomic E-state index is 9.67. The van der Waals surface area contributed by atoms with E-state index in [1.807, 2.05) is 0 Å². The Morgan fingerprint density at radius 1 is 1.57 bits per heavy atom. The second-order valence-electron chi connectivity index (χ2n) is 0.803. The Balaban J connectivity index is -0.0000000800. The van der Waals surface area contributed by atoms with Gasteiger partial charge in [0.2, 0.25) is 0 Å². The average molecular weight is 132 g/mol. The van der Waals surface area contributed by atoms with Gasteiger partial charge in [-0.1, -0.05) is 6.92 Å². The molecule has 0 saturated carbocycles. The van der Waals surface area contributed by atoms with Gasteiger partial charge in [-0.2, -0.15) is 0 Å². The first-order chi connectivity index (χ1) is 2.27. The fraction of sp³-hybridized carbons (Fsp3) is 1.00. The molecular formula is C3H8CaO3. The second-order valence-corrected chi connectivity index (χ2v) is 0.803. The fourth-order valence-electron chi connectivity index (χ4n) is 0. The topological polar surface area (TPSA) is 62.3 Å². The van der Waals surface area contributed by atoms with Crippen LogP contribution in [0.2, 0.25) is 0 Å². The Bertz CT molecular complexity index is 24.1. The molecule has 4 heteroatoms. The number of methoxy groups -OCH3 is 1. The first-order valence-electron chi connectivity index (χ1n) is 1.46. The van der Waals surface area contributed by atoms with E-state index >= 15 is 0 Å². The molecule has 1 unspecified atom stereocenters. The quantitative estimate of drug-likeness (QED) is 0.332. The molecule has 0 amide bonds. The number of hydrogen-bond donors (Lipinski definition) is 0. The van der Waals surface area contributed by atoms with Crippen LogP contribution in [-0.4, -0.2) is 56.6 Å². The van der Waals surface area contributed by atoms with Gasteiger partial charge in [0.25, 0.3) is 0 Å². The summed E-state index contributed by atoms with van der Waals surface area (Å²) < 4.78 is 4.19. The van der Waals surface area contributed by atoms with E-state index in [1.54, 1.807) is 0 Å². The molecule has 0 aliphatic carbocycles. The third-order valence-corrected chi connectivity index (χ3v) is 0.332. The molecule has 0 aliphatic rings. The average Bonchev–Trinajstić information content (AvgIpc) is 1.38. The van der Waals surface area contributed by atoms with Crippen LogP contribution < -0.4 is 5.11 Å². The normalized spacial score (nSPS) is 10.7. The van der Waals surface area contributed by atoms with Gasteiger partial charge in [-0.15, -0.1) is 0 Å². The van der Waals surface area contributed by atoms with Crippen LogP contribution in [0.25, 0.3) is 0 Å². The summed E-state index contributed by atoms with van der Waals surface area (Å²) in [5.41, 5.74) is 0. The minimum atomic E-state index is -0.866. The molecule has 0 saturated heterocycles. The van der Waals surface area contributed by atoms with Gasteiger partial charge in [0, 0.05) is 7.11 Å². The van der Waals surface area contributed by atoms with E-state index in [1.165, 1.54) is 14.0 Å². The van der Waals surface area contributed by atoms with Crippen molar-refractivity contribution in [1.29, 1.82) is 0 Å². The van der Waals surface area contributed by atoms with Crippen molar-refractivity contribution in [3.63, 3.8) is 0 Å². The summed E-state index contributed by atoms with van der Waals surface area (Å²) in [7, 11) is 1.39. The fourth-order valence-corrected chi connectivity index (χ4v) is 0. The third-order valence-electron chi connectivity index (χ3n) is 0.332. The molecule has 0 fully saturated rings. The summed E-state index contributed by atoms with van der Waals surface area (Å²) in [6.07, 6.45) is -0.866. The molecule has 3 nitrogen and oxygen atoms in total. The molecule has 0 aliphatic heterocycles. The van der Waals surface area contributed by atoms with Crippen molar-refractivity contribution in [2.24, 2.45) is 0 Å². The number of hydrogen-bond acceptors (Lipinski definition) is 3. The first kappa shape index (κ1) is 15.7. The molecule has 0 bridgehead atoms. The maximum absolute atomic E-state index is 9.67. The standard InChI is InChI=1S/C3H7O2.Ca.H2O/c1-3(4)5-2;;/h3H,1-2H3;;1H2/q-1;+2;/p-1. The van der Waals surface area contributed by atoms with Gasteiger partial charge < -0.3 is 15.3 Å². The number of rotatable bonds is 1. The van der Waals surface area contributed by atoms with Gasteiger partial charge in [0.05, 0.1) is 0 Å². The molecule has 7 heavy (non-hydrogen) atoms. The summed E-state index contributed by atoms with van der Waals surface area (Å²) in [4.78, 5) is 0. The van der Waals surface area contributed by atoms with E-state index in [0.717, 1.165) is 0 Å². The monoisotopic (exact) mass is 132 g/mol. The molecule has 0 heterocycles.